The van der Waals surface area contributed by atoms with Crippen LogP contribution in [0.1, 0.15) is 22.8 Å². The highest BCUT2D eigenvalue weighted by Crippen LogP contribution is 2.24. The van der Waals surface area contributed by atoms with Gasteiger partial charge in [0, 0.05) is 17.5 Å². The number of ether oxygens (including phenoxy) is 2. The number of hydrogen-bond donors (Lipinski definition) is 0. The second kappa shape index (κ2) is 7.35. The molecule has 0 saturated heterocycles. The van der Waals surface area contributed by atoms with Crippen molar-refractivity contribution in [2.24, 2.45) is 0 Å². The van der Waals surface area contributed by atoms with Gasteiger partial charge >= 0.3 is 18.2 Å². The van der Waals surface area contributed by atoms with Crippen molar-refractivity contribution in [2.45, 2.75) is 20.0 Å². The average Bonchev–Trinajstić information content (AvgIpc) is 2.60. The first-order valence-corrected chi connectivity index (χ1v) is 7.80. The van der Waals surface area contributed by atoms with Gasteiger partial charge in [0.2, 0.25) is 0 Å². The first-order valence-electron chi connectivity index (χ1n) is 7.80. The van der Waals surface area contributed by atoms with Gasteiger partial charge in [-0.25, -0.2) is 9.59 Å². The third-order valence-electron chi connectivity index (χ3n) is 3.71. The lowest BCUT2D eigenvalue weighted by atomic mass is 10.1. The molecule has 2 aromatic carbocycles. The van der Waals surface area contributed by atoms with Crippen LogP contribution in [0.15, 0.2) is 57.7 Å². The van der Waals surface area contributed by atoms with E-state index < -0.39 is 18.2 Å². The maximum absolute atomic E-state index is 12.2. The van der Waals surface area contributed by atoms with Crippen molar-refractivity contribution in [1.82, 2.24) is 0 Å². The summed E-state index contributed by atoms with van der Waals surface area (Å²) in [5.74, 6) is -0.537. The maximum atomic E-state index is 12.2. The van der Waals surface area contributed by atoms with E-state index in [2.05, 4.69) is 4.74 Å². The lowest BCUT2D eigenvalue weighted by Crippen LogP contribution is -2.09. The molecule has 0 aliphatic rings. The number of rotatable bonds is 5. The summed E-state index contributed by atoms with van der Waals surface area (Å²) in [6, 6.07) is 11.3. The molecule has 0 aliphatic heterocycles. The molecule has 0 atom stereocenters. The van der Waals surface area contributed by atoms with E-state index in [9.17, 15) is 18.4 Å². The number of carbonyl (C=O) groups excluding carboxylic acids is 1. The van der Waals surface area contributed by atoms with Gasteiger partial charge in [-0.05, 0) is 48.4 Å². The monoisotopic (exact) mass is 360 g/mol. The van der Waals surface area contributed by atoms with E-state index >= 15 is 0 Å². The summed E-state index contributed by atoms with van der Waals surface area (Å²) >= 11 is 0. The lowest BCUT2D eigenvalue weighted by molar-refractivity contribution is -0.0498. The highest BCUT2D eigenvalue weighted by molar-refractivity contribution is 5.92. The van der Waals surface area contributed by atoms with Crippen LogP contribution in [0.5, 0.6) is 11.5 Å². The summed E-state index contributed by atoms with van der Waals surface area (Å²) in [4.78, 5) is 23.8. The third-order valence-corrected chi connectivity index (χ3v) is 3.71. The maximum Gasteiger partial charge on any atom is 0.387 e. The third kappa shape index (κ3) is 3.88. The van der Waals surface area contributed by atoms with Crippen molar-refractivity contribution in [3.8, 4) is 11.5 Å². The van der Waals surface area contributed by atoms with Crippen LogP contribution >= 0.6 is 0 Å². The molecule has 0 radical (unpaired) electrons. The van der Waals surface area contributed by atoms with Gasteiger partial charge in [0.1, 0.15) is 17.1 Å². The van der Waals surface area contributed by atoms with Gasteiger partial charge in [-0.15, -0.1) is 0 Å². The van der Waals surface area contributed by atoms with Crippen molar-refractivity contribution in [3.63, 3.8) is 0 Å². The van der Waals surface area contributed by atoms with E-state index in [1.165, 1.54) is 36.4 Å². The summed E-state index contributed by atoms with van der Waals surface area (Å²) in [5.41, 5.74) is 0.840. The zero-order valence-electron chi connectivity index (χ0n) is 13.7. The molecule has 0 unspecified atom stereocenters. The SMILES string of the molecule is CCc1cc(=O)oc2cc(OC(=O)c3ccc(OC(F)F)cc3)ccc12. The second-order valence-corrected chi connectivity index (χ2v) is 5.39. The van der Waals surface area contributed by atoms with E-state index in [0.29, 0.717) is 12.0 Å². The molecular weight excluding hydrogens is 346 g/mol. The molecule has 3 rings (SSSR count). The van der Waals surface area contributed by atoms with E-state index in [0.717, 1.165) is 10.9 Å². The molecule has 0 amide bonds. The van der Waals surface area contributed by atoms with Gasteiger partial charge in [-0.2, -0.15) is 8.78 Å². The van der Waals surface area contributed by atoms with Gasteiger partial charge in [-0.1, -0.05) is 6.92 Å². The normalized spacial score (nSPS) is 10.9. The van der Waals surface area contributed by atoms with Crippen LogP contribution in [0.2, 0.25) is 0 Å². The van der Waals surface area contributed by atoms with Crippen LogP contribution in [0.4, 0.5) is 8.78 Å². The molecule has 0 saturated carbocycles. The minimum atomic E-state index is -2.94. The molecule has 0 aliphatic carbocycles. The molecule has 0 N–H and O–H groups in total. The highest BCUT2D eigenvalue weighted by atomic mass is 19.3. The van der Waals surface area contributed by atoms with Crippen molar-refractivity contribution in [3.05, 3.63) is 70.1 Å². The van der Waals surface area contributed by atoms with Crippen LogP contribution < -0.4 is 15.1 Å². The Morgan fingerprint density at radius 2 is 1.77 bits per heavy atom. The predicted octanol–water partition coefficient (Wildman–Crippen LogP) is 4.18. The number of benzene rings is 2. The quantitative estimate of drug-likeness (QED) is 0.388. The van der Waals surface area contributed by atoms with E-state index in [1.807, 2.05) is 6.92 Å². The van der Waals surface area contributed by atoms with E-state index in [4.69, 9.17) is 9.15 Å². The first-order chi connectivity index (χ1) is 12.5. The Bertz CT molecular complexity index is 993. The molecular formula is C19H14F2O5. The van der Waals surface area contributed by atoms with Crippen LogP contribution in [-0.4, -0.2) is 12.6 Å². The molecule has 134 valence electrons. The first kappa shape index (κ1) is 17.6. The van der Waals surface area contributed by atoms with E-state index in [-0.39, 0.29) is 17.1 Å². The largest absolute Gasteiger partial charge is 0.435 e. The fourth-order valence-electron chi connectivity index (χ4n) is 2.50. The van der Waals surface area contributed by atoms with E-state index in [1.54, 1.807) is 12.1 Å². The number of esters is 1. The Hall–Kier alpha value is -3.22. The number of halogens is 2. The van der Waals surface area contributed by atoms with Gasteiger partial charge in [0.15, 0.2) is 0 Å². The van der Waals surface area contributed by atoms with Crippen molar-refractivity contribution in [1.29, 1.82) is 0 Å². The molecule has 3 aromatic rings. The minimum absolute atomic E-state index is 0.0591. The average molecular weight is 360 g/mol. The minimum Gasteiger partial charge on any atom is -0.435 e. The van der Waals surface area contributed by atoms with Crippen LogP contribution in [0.3, 0.4) is 0 Å². The summed E-state index contributed by atoms with van der Waals surface area (Å²) in [5, 5.41) is 0.764. The predicted molar refractivity (Wildman–Crippen MR) is 89.9 cm³/mol. The fourth-order valence-corrected chi connectivity index (χ4v) is 2.50. The van der Waals surface area contributed by atoms with Crippen LogP contribution in [-0.2, 0) is 6.42 Å². The fraction of sp³-hybridized carbons (Fsp3) is 0.158. The topological polar surface area (TPSA) is 65.7 Å². The smallest absolute Gasteiger partial charge is 0.387 e. The van der Waals surface area contributed by atoms with Crippen molar-refractivity contribution >= 4 is 16.9 Å². The standard InChI is InChI=1S/C19H14F2O5/c1-2-11-9-17(22)26-16-10-14(7-8-15(11)16)24-18(23)12-3-5-13(6-4-12)25-19(20)21/h3-10,19H,2H2,1H3. The Balaban J connectivity index is 1.82. The molecule has 5 nitrogen and oxygen atoms in total. The molecule has 0 fully saturated rings. The van der Waals surface area contributed by atoms with Gasteiger partial charge in [-0.3, -0.25) is 0 Å². The number of aryl methyl sites for hydroxylation is 1. The Morgan fingerprint density at radius 3 is 2.42 bits per heavy atom. The van der Waals surface area contributed by atoms with Gasteiger partial charge < -0.3 is 13.9 Å². The molecule has 0 spiro atoms. The Kier molecular flexibility index (Phi) is 4.97. The number of carbonyl (C=O) groups is 1. The lowest BCUT2D eigenvalue weighted by Gasteiger charge is -2.08. The number of alkyl halides is 2. The van der Waals surface area contributed by atoms with Crippen LogP contribution in [0, 0.1) is 0 Å². The zero-order valence-corrected chi connectivity index (χ0v) is 13.7. The molecule has 0 bridgehead atoms. The summed E-state index contributed by atoms with van der Waals surface area (Å²) in [6.45, 7) is -1.02. The number of hydrogen-bond acceptors (Lipinski definition) is 5. The second-order valence-electron chi connectivity index (χ2n) is 5.39. The summed E-state index contributed by atoms with van der Waals surface area (Å²) in [7, 11) is 0. The summed E-state index contributed by atoms with van der Waals surface area (Å²) in [6.07, 6.45) is 0.661. The molecule has 7 heteroatoms. The molecule has 1 heterocycles. The number of fused-ring (bicyclic) bond motifs is 1. The van der Waals surface area contributed by atoms with Crippen molar-refractivity contribution < 1.29 is 27.5 Å². The van der Waals surface area contributed by atoms with Crippen molar-refractivity contribution in [2.75, 3.05) is 0 Å². The highest BCUT2D eigenvalue weighted by Gasteiger charge is 2.12. The molecule has 26 heavy (non-hydrogen) atoms. The zero-order chi connectivity index (χ0) is 18.7. The van der Waals surface area contributed by atoms with Gasteiger partial charge in [0.25, 0.3) is 0 Å². The summed E-state index contributed by atoms with van der Waals surface area (Å²) < 4.78 is 38.9. The molecule has 1 aromatic heterocycles. The van der Waals surface area contributed by atoms with Gasteiger partial charge in [0.05, 0.1) is 5.56 Å². The Labute approximate surface area is 146 Å². The Morgan fingerprint density at radius 1 is 1.08 bits per heavy atom. The van der Waals surface area contributed by atoms with Crippen LogP contribution in [0.25, 0.3) is 11.0 Å².